The summed E-state index contributed by atoms with van der Waals surface area (Å²) in [6.45, 7) is 5.96. The predicted octanol–water partition coefficient (Wildman–Crippen LogP) is 3.98. The van der Waals surface area contributed by atoms with E-state index in [1.54, 1.807) is 7.11 Å². The fourth-order valence-corrected chi connectivity index (χ4v) is 2.77. The second-order valence-electron chi connectivity index (χ2n) is 4.73. The highest BCUT2D eigenvalue weighted by atomic mass is 79.9. The fourth-order valence-electron chi connectivity index (χ4n) is 2.22. The number of hydrogen-bond donors (Lipinski definition) is 1. The largest absolute Gasteiger partial charge is 0.495 e. The van der Waals surface area contributed by atoms with Gasteiger partial charge in [0.1, 0.15) is 5.75 Å². The monoisotopic (exact) mass is 337 g/mol. The van der Waals surface area contributed by atoms with Crippen LogP contribution >= 0.6 is 15.9 Å². The maximum Gasteiger partial charge on any atom is 0.143 e. The summed E-state index contributed by atoms with van der Waals surface area (Å²) in [5, 5.41) is 3.45. The molecule has 4 nitrogen and oxygen atoms in total. The molecule has 0 spiro atoms. The number of aryl methyl sites for hydroxylation is 2. The van der Waals surface area contributed by atoms with Crippen LogP contribution in [0.5, 0.6) is 5.75 Å². The topological polar surface area (TPSA) is 39.1 Å². The Hall–Kier alpha value is -1.49. The van der Waals surface area contributed by atoms with Crippen molar-refractivity contribution in [2.24, 2.45) is 0 Å². The van der Waals surface area contributed by atoms with Crippen molar-refractivity contribution in [2.45, 2.75) is 33.4 Å². The van der Waals surface area contributed by atoms with Crippen LogP contribution in [0.1, 0.15) is 24.6 Å². The van der Waals surface area contributed by atoms with E-state index < -0.39 is 0 Å². The zero-order valence-electron chi connectivity index (χ0n) is 12.1. The van der Waals surface area contributed by atoms with E-state index in [1.165, 1.54) is 5.69 Å². The molecule has 0 fully saturated rings. The third-order valence-electron chi connectivity index (χ3n) is 3.19. The number of methoxy groups -OCH3 is 1. The van der Waals surface area contributed by atoms with Crippen molar-refractivity contribution in [1.29, 1.82) is 0 Å². The van der Waals surface area contributed by atoms with Crippen LogP contribution in [0, 0.1) is 6.92 Å². The van der Waals surface area contributed by atoms with Crippen LogP contribution in [0.4, 0.5) is 5.69 Å². The summed E-state index contributed by atoms with van der Waals surface area (Å²) in [5.41, 5.74) is 3.36. The van der Waals surface area contributed by atoms with E-state index in [0.29, 0.717) is 0 Å². The molecule has 1 N–H and O–H groups in total. The molecule has 20 heavy (non-hydrogen) atoms. The van der Waals surface area contributed by atoms with Crippen LogP contribution in [-0.2, 0) is 13.1 Å². The highest BCUT2D eigenvalue weighted by Gasteiger charge is 2.09. The van der Waals surface area contributed by atoms with E-state index >= 15 is 0 Å². The predicted molar refractivity (Wildman–Crippen MR) is 85.3 cm³/mol. The van der Waals surface area contributed by atoms with Gasteiger partial charge in [0.15, 0.2) is 0 Å². The summed E-state index contributed by atoms with van der Waals surface area (Å²) >= 11 is 3.49. The molecule has 0 radical (unpaired) electrons. The highest BCUT2D eigenvalue weighted by molar-refractivity contribution is 9.10. The Morgan fingerprint density at radius 1 is 1.40 bits per heavy atom. The minimum atomic E-state index is 0.735. The van der Waals surface area contributed by atoms with Gasteiger partial charge in [0.05, 0.1) is 31.4 Å². The average molecular weight is 338 g/mol. The molecule has 5 heteroatoms. The molecule has 1 aromatic carbocycles. The van der Waals surface area contributed by atoms with Crippen molar-refractivity contribution in [3.05, 3.63) is 40.4 Å². The Balaban J connectivity index is 2.16. The molecule has 0 bridgehead atoms. The molecular weight excluding hydrogens is 318 g/mol. The third kappa shape index (κ3) is 3.33. The highest BCUT2D eigenvalue weighted by Crippen LogP contribution is 2.32. The summed E-state index contributed by atoms with van der Waals surface area (Å²) in [6.07, 6.45) is 4.89. The zero-order valence-corrected chi connectivity index (χ0v) is 13.7. The summed E-state index contributed by atoms with van der Waals surface area (Å²) < 4.78 is 8.64. The van der Waals surface area contributed by atoms with Crippen molar-refractivity contribution in [1.82, 2.24) is 9.55 Å². The number of ether oxygens (including phenoxy) is 1. The maximum atomic E-state index is 5.44. The molecule has 1 heterocycles. The minimum absolute atomic E-state index is 0.735. The lowest BCUT2D eigenvalue weighted by atomic mass is 10.2. The quantitative estimate of drug-likeness (QED) is 0.866. The Morgan fingerprint density at radius 2 is 2.20 bits per heavy atom. The van der Waals surface area contributed by atoms with Crippen LogP contribution in [-0.4, -0.2) is 16.7 Å². The molecule has 0 aliphatic heterocycles. The van der Waals surface area contributed by atoms with Crippen molar-refractivity contribution in [3.63, 3.8) is 0 Å². The van der Waals surface area contributed by atoms with E-state index in [-0.39, 0.29) is 0 Å². The number of hydrogen-bond acceptors (Lipinski definition) is 3. The van der Waals surface area contributed by atoms with Crippen molar-refractivity contribution in [2.75, 3.05) is 12.4 Å². The number of nitrogens with one attached hydrogen (secondary N) is 1. The Morgan fingerprint density at radius 3 is 2.90 bits per heavy atom. The van der Waals surface area contributed by atoms with Crippen molar-refractivity contribution < 1.29 is 4.74 Å². The van der Waals surface area contributed by atoms with E-state index in [9.17, 15) is 0 Å². The first kappa shape index (κ1) is 14.9. The minimum Gasteiger partial charge on any atom is -0.495 e. The smallest absolute Gasteiger partial charge is 0.143 e. The lowest BCUT2D eigenvalue weighted by molar-refractivity contribution is 0.416. The number of rotatable bonds is 6. The van der Waals surface area contributed by atoms with Crippen molar-refractivity contribution >= 4 is 21.6 Å². The molecule has 2 aromatic rings. The summed E-state index contributed by atoms with van der Waals surface area (Å²) in [6, 6.07) is 4.05. The van der Waals surface area contributed by atoms with Crippen LogP contribution in [0.3, 0.4) is 0 Å². The molecule has 0 saturated carbocycles. The molecule has 0 aliphatic carbocycles. The summed E-state index contributed by atoms with van der Waals surface area (Å²) in [5.74, 6) is 0.846. The lowest BCUT2D eigenvalue weighted by Crippen LogP contribution is -2.08. The van der Waals surface area contributed by atoms with Crippen LogP contribution in [0.15, 0.2) is 29.1 Å². The maximum absolute atomic E-state index is 5.44. The van der Waals surface area contributed by atoms with E-state index in [2.05, 4.69) is 50.7 Å². The number of imidazole rings is 1. The second-order valence-corrected chi connectivity index (χ2v) is 5.65. The van der Waals surface area contributed by atoms with Gasteiger partial charge in [-0.1, -0.05) is 22.9 Å². The van der Waals surface area contributed by atoms with Gasteiger partial charge in [0, 0.05) is 17.2 Å². The zero-order chi connectivity index (χ0) is 14.5. The molecule has 1 aromatic heterocycles. The molecule has 0 saturated heterocycles. The van der Waals surface area contributed by atoms with Gasteiger partial charge in [-0.15, -0.1) is 0 Å². The molecule has 2 rings (SSSR count). The van der Waals surface area contributed by atoms with Gasteiger partial charge in [0.2, 0.25) is 0 Å². The van der Waals surface area contributed by atoms with E-state index in [0.717, 1.165) is 41.0 Å². The Labute approximate surface area is 128 Å². The summed E-state index contributed by atoms with van der Waals surface area (Å²) in [7, 11) is 1.69. The van der Waals surface area contributed by atoms with E-state index in [4.69, 9.17) is 4.74 Å². The first-order valence-electron chi connectivity index (χ1n) is 6.72. The Kier molecular flexibility index (Phi) is 5.06. The van der Waals surface area contributed by atoms with Gasteiger partial charge >= 0.3 is 0 Å². The number of anilines is 1. The number of benzene rings is 1. The first-order chi connectivity index (χ1) is 9.65. The fraction of sp³-hybridized carbons (Fsp3) is 0.400. The van der Waals surface area contributed by atoms with Gasteiger partial charge in [-0.25, -0.2) is 4.98 Å². The molecular formula is C15H20BrN3O. The number of aromatic nitrogens is 2. The third-order valence-corrected chi connectivity index (χ3v) is 3.65. The standard InChI is InChI=1S/C15H20BrN3O/c1-4-5-19-10-17-8-13(19)9-18-15-11(2)6-12(16)7-14(15)20-3/h6-8,10,18H,4-5,9H2,1-3H3. The van der Waals surface area contributed by atoms with Crippen LogP contribution in [0.2, 0.25) is 0 Å². The molecule has 0 atom stereocenters. The lowest BCUT2D eigenvalue weighted by Gasteiger charge is -2.15. The molecule has 0 amide bonds. The van der Waals surface area contributed by atoms with Gasteiger partial charge in [-0.05, 0) is 31.0 Å². The number of halogens is 1. The van der Waals surface area contributed by atoms with Crippen LogP contribution < -0.4 is 10.1 Å². The van der Waals surface area contributed by atoms with E-state index in [1.807, 2.05) is 18.6 Å². The van der Waals surface area contributed by atoms with Crippen molar-refractivity contribution in [3.8, 4) is 5.75 Å². The van der Waals surface area contributed by atoms with Crippen LogP contribution in [0.25, 0.3) is 0 Å². The normalized spacial score (nSPS) is 10.6. The molecule has 108 valence electrons. The second kappa shape index (κ2) is 6.79. The molecule has 0 unspecified atom stereocenters. The van der Waals surface area contributed by atoms with Gasteiger partial charge in [0.25, 0.3) is 0 Å². The summed E-state index contributed by atoms with van der Waals surface area (Å²) in [4.78, 5) is 4.22. The Bertz CT molecular complexity index is 580. The SMILES string of the molecule is CCCn1cncc1CNc1c(C)cc(Br)cc1OC. The van der Waals surface area contributed by atoms with Gasteiger partial charge < -0.3 is 14.6 Å². The average Bonchev–Trinajstić information content (AvgIpc) is 2.85. The van der Waals surface area contributed by atoms with Gasteiger partial charge in [-0.2, -0.15) is 0 Å². The van der Waals surface area contributed by atoms with Gasteiger partial charge in [-0.3, -0.25) is 0 Å². The molecule has 0 aliphatic rings. The number of nitrogens with zero attached hydrogens (tertiary/aromatic N) is 2. The first-order valence-corrected chi connectivity index (χ1v) is 7.52.